The maximum atomic E-state index is 12.1. The van der Waals surface area contributed by atoms with Crippen molar-refractivity contribution in [1.82, 2.24) is 10.2 Å². The van der Waals surface area contributed by atoms with Crippen LogP contribution in [0.25, 0.3) is 0 Å². The van der Waals surface area contributed by atoms with Crippen molar-refractivity contribution in [2.45, 2.75) is 6.42 Å². The summed E-state index contributed by atoms with van der Waals surface area (Å²) in [6, 6.07) is 5.11. The van der Waals surface area contributed by atoms with Crippen molar-refractivity contribution >= 4 is 11.6 Å². The van der Waals surface area contributed by atoms with Gasteiger partial charge in [0.1, 0.15) is 5.75 Å². The summed E-state index contributed by atoms with van der Waals surface area (Å²) in [5.41, 5.74) is 6.78. The summed E-state index contributed by atoms with van der Waals surface area (Å²) in [5.74, 6) is 1.03. The van der Waals surface area contributed by atoms with Crippen molar-refractivity contribution in [2.75, 3.05) is 39.5 Å². The average Bonchev–Trinajstić information content (AvgIpc) is 2.82. The number of carbonyl (C=O) groups excluding carboxylic acids is 1. The highest BCUT2D eigenvalue weighted by atomic mass is 16.5. The number of hydrogen-bond acceptors (Lipinski definition) is 4. The number of nitrogens with two attached hydrogens (primary N) is 1. The first-order chi connectivity index (χ1) is 9.10. The van der Waals surface area contributed by atoms with Crippen LogP contribution in [0.5, 0.6) is 5.75 Å². The first-order valence-corrected chi connectivity index (χ1v) is 6.50. The number of benzene rings is 1. The van der Waals surface area contributed by atoms with E-state index >= 15 is 0 Å². The molecule has 0 spiro atoms. The first kappa shape index (κ1) is 13.7. The van der Waals surface area contributed by atoms with E-state index in [0.717, 1.165) is 19.5 Å². The highest BCUT2D eigenvalue weighted by molar-refractivity contribution is 5.99. The number of nitrogen functional groups attached to an aromatic ring is 1. The third-order valence-corrected chi connectivity index (χ3v) is 3.55. The van der Waals surface area contributed by atoms with E-state index < -0.39 is 0 Å². The van der Waals surface area contributed by atoms with Crippen LogP contribution in [0.1, 0.15) is 16.8 Å². The molecule has 1 atom stereocenters. The highest BCUT2D eigenvalue weighted by Gasteiger charge is 2.20. The second-order valence-corrected chi connectivity index (χ2v) is 5.08. The standard InChI is InChI=1S/C14H21N3O2/c1-17-6-5-10(9-17)8-16-14(18)12-7-11(19-2)3-4-13(12)15/h3-4,7,10H,5-6,8-9,15H2,1-2H3,(H,16,18). The smallest absolute Gasteiger partial charge is 0.253 e. The molecule has 1 aliphatic heterocycles. The lowest BCUT2D eigenvalue weighted by Gasteiger charge is -2.13. The van der Waals surface area contributed by atoms with E-state index in [1.165, 1.54) is 0 Å². The van der Waals surface area contributed by atoms with E-state index in [1.807, 2.05) is 0 Å². The molecule has 1 amide bonds. The molecule has 1 aliphatic rings. The van der Waals surface area contributed by atoms with Crippen LogP contribution in [0.3, 0.4) is 0 Å². The van der Waals surface area contributed by atoms with Gasteiger partial charge in [0.2, 0.25) is 0 Å². The van der Waals surface area contributed by atoms with Crippen molar-refractivity contribution in [3.8, 4) is 5.75 Å². The molecule has 0 aliphatic carbocycles. The summed E-state index contributed by atoms with van der Waals surface area (Å²) >= 11 is 0. The molecule has 0 saturated carbocycles. The van der Waals surface area contributed by atoms with Gasteiger partial charge in [-0.15, -0.1) is 0 Å². The zero-order chi connectivity index (χ0) is 13.8. The lowest BCUT2D eigenvalue weighted by molar-refractivity contribution is 0.0948. The number of anilines is 1. The fourth-order valence-corrected chi connectivity index (χ4v) is 2.38. The summed E-state index contributed by atoms with van der Waals surface area (Å²) in [6.45, 7) is 2.83. The van der Waals surface area contributed by atoms with E-state index in [2.05, 4.69) is 17.3 Å². The fraction of sp³-hybridized carbons (Fsp3) is 0.500. The van der Waals surface area contributed by atoms with Gasteiger partial charge >= 0.3 is 0 Å². The van der Waals surface area contributed by atoms with Crippen LogP contribution in [0, 0.1) is 5.92 Å². The molecular weight excluding hydrogens is 242 g/mol. The molecule has 5 heteroatoms. The summed E-state index contributed by atoms with van der Waals surface area (Å²) in [6.07, 6.45) is 1.13. The molecule has 3 N–H and O–H groups in total. The molecule has 19 heavy (non-hydrogen) atoms. The number of likely N-dealkylation sites (tertiary alicyclic amines) is 1. The molecule has 5 nitrogen and oxygen atoms in total. The Morgan fingerprint density at radius 1 is 1.58 bits per heavy atom. The van der Waals surface area contributed by atoms with Crippen molar-refractivity contribution < 1.29 is 9.53 Å². The lowest BCUT2D eigenvalue weighted by Crippen LogP contribution is -2.31. The number of nitrogens with zero attached hydrogens (tertiary/aromatic N) is 1. The predicted octanol–water partition coefficient (Wildman–Crippen LogP) is 0.959. The molecule has 0 bridgehead atoms. The van der Waals surface area contributed by atoms with Gasteiger partial charge < -0.3 is 20.7 Å². The maximum Gasteiger partial charge on any atom is 0.253 e. The molecule has 1 aromatic rings. The van der Waals surface area contributed by atoms with Gasteiger partial charge in [0.25, 0.3) is 5.91 Å². The van der Waals surface area contributed by atoms with E-state index in [1.54, 1.807) is 25.3 Å². The Hall–Kier alpha value is -1.75. The average molecular weight is 263 g/mol. The number of carbonyl (C=O) groups is 1. The van der Waals surface area contributed by atoms with Gasteiger partial charge in [-0.2, -0.15) is 0 Å². The molecule has 0 radical (unpaired) electrons. The van der Waals surface area contributed by atoms with Gasteiger partial charge in [-0.1, -0.05) is 0 Å². The van der Waals surface area contributed by atoms with Crippen molar-refractivity contribution in [3.63, 3.8) is 0 Å². The van der Waals surface area contributed by atoms with Crippen LogP contribution in [-0.2, 0) is 0 Å². The van der Waals surface area contributed by atoms with Crippen molar-refractivity contribution in [1.29, 1.82) is 0 Å². The second-order valence-electron chi connectivity index (χ2n) is 5.08. The Morgan fingerprint density at radius 3 is 3.00 bits per heavy atom. The van der Waals surface area contributed by atoms with Gasteiger partial charge in [0, 0.05) is 18.8 Å². The largest absolute Gasteiger partial charge is 0.497 e. The molecule has 1 unspecified atom stereocenters. The highest BCUT2D eigenvalue weighted by Crippen LogP contribution is 2.19. The maximum absolute atomic E-state index is 12.1. The zero-order valence-electron chi connectivity index (χ0n) is 11.5. The van der Waals surface area contributed by atoms with Crippen molar-refractivity contribution in [2.24, 2.45) is 5.92 Å². The lowest BCUT2D eigenvalue weighted by atomic mass is 10.1. The Bertz CT molecular complexity index is 462. The fourth-order valence-electron chi connectivity index (χ4n) is 2.38. The van der Waals surface area contributed by atoms with Crippen LogP contribution in [-0.4, -0.2) is 44.6 Å². The van der Waals surface area contributed by atoms with Crippen LogP contribution in [0.4, 0.5) is 5.69 Å². The molecule has 1 heterocycles. The van der Waals surface area contributed by atoms with E-state index in [0.29, 0.717) is 29.5 Å². The SMILES string of the molecule is COc1ccc(N)c(C(=O)NCC2CCN(C)C2)c1. The molecule has 2 rings (SSSR count). The third-order valence-electron chi connectivity index (χ3n) is 3.55. The van der Waals surface area contributed by atoms with Gasteiger partial charge in [0.15, 0.2) is 0 Å². The van der Waals surface area contributed by atoms with Crippen molar-refractivity contribution in [3.05, 3.63) is 23.8 Å². The number of methoxy groups -OCH3 is 1. The van der Waals surface area contributed by atoms with E-state index in [9.17, 15) is 4.79 Å². The van der Waals surface area contributed by atoms with Crippen LogP contribution >= 0.6 is 0 Å². The molecule has 1 aromatic carbocycles. The van der Waals surface area contributed by atoms with Gasteiger partial charge in [-0.25, -0.2) is 0 Å². The Labute approximate surface area is 113 Å². The summed E-state index contributed by atoms with van der Waals surface area (Å²) in [7, 11) is 3.67. The third kappa shape index (κ3) is 3.38. The summed E-state index contributed by atoms with van der Waals surface area (Å²) in [4.78, 5) is 14.4. The van der Waals surface area contributed by atoms with Gasteiger partial charge in [-0.3, -0.25) is 4.79 Å². The van der Waals surface area contributed by atoms with E-state index in [-0.39, 0.29) is 5.91 Å². The zero-order valence-corrected chi connectivity index (χ0v) is 11.5. The number of ether oxygens (including phenoxy) is 1. The Balaban J connectivity index is 1.96. The van der Waals surface area contributed by atoms with Gasteiger partial charge in [0.05, 0.1) is 12.7 Å². The predicted molar refractivity (Wildman–Crippen MR) is 75.3 cm³/mol. The van der Waals surface area contributed by atoms with Gasteiger partial charge in [-0.05, 0) is 44.1 Å². The molecule has 104 valence electrons. The Morgan fingerprint density at radius 2 is 2.37 bits per heavy atom. The molecular formula is C14H21N3O2. The van der Waals surface area contributed by atoms with E-state index in [4.69, 9.17) is 10.5 Å². The monoisotopic (exact) mass is 263 g/mol. The van der Waals surface area contributed by atoms with Crippen LogP contribution < -0.4 is 15.8 Å². The molecule has 0 aromatic heterocycles. The normalized spacial score (nSPS) is 19.4. The van der Waals surface area contributed by atoms with Crippen LogP contribution in [0.15, 0.2) is 18.2 Å². The Kier molecular flexibility index (Phi) is 4.27. The minimum atomic E-state index is -0.133. The molecule has 1 fully saturated rings. The number of amides is 1. The summed E-state index contributed by atoms with van der Waals surface area (Å²) < 4.78 is 5.11. The summed E-state index contributed by atoms with van der Waals surface area (Å²) in [5, 5.41) is 2.95. The topological polar surface area (TPSA) is 67.6 Å². The first-order valence-electron chi connectivity index (χ1n) is 6.50. The number of rotatable bonds is 4. The quantitative estimate of drug-likeness (QED) is 0.794. The minimum Gasteiger partial charge on any atom is -0.497 e. The minimum absolute atomic E-state index is 0.133. The molecule has 1 saturated heterocycles. The number of nitrogens with one attached hydrogen (secondary N) is 1. The number of hydrogen-bond donors (Lipinski definition) is 2. The van der Waals surface area contributed by atoms with Crippen LogP contribution in [0.2, 0.25) is 0 Å². The second kappa shape index (κ2) is 5.93.